The highest BCUT2D eigenvalue weighted by atomic mass is 32.2. The fraction of sp³-hybridized carbons (Fsp3) is 0.500. The van der Waals surface area contributed by atoms with Gasteiger partial charge in [0, 0.05) is 44.0 Å². The van der Waals surface area contributed by atoms with Crippen molar-refractivity contribution in [3.8, 4) is 0 Å². The van der Waals surface area contributed by atoms with Crippen LogP contribution in [0.2, 0.25) is 0 Å². The standard InChI is InChI=1S/C18H22N4O2S/c1-20-8-5-7-14(20)15-6-3-2-4-9-21(15)16(23)13-12-19-18-22(17(13)24)10-11-25-18/h5,7-8,12,15H,2-4,6,9-11H2,1H3. The minimum Gasteiger partial charge on any atom is -0.353 e. The predicted molar refractivity (Wildman–Crippen MR) is 96.9 cm³/mol. The molecule has 1 amide bonds. The number of aromatic nitrogens is 3. The molecule has 2 aliphatic heterocycles. The first-order valence-electron chi connectivity index (χ1n) is 8.81. The molecule has 6 nitrogen and oxygen atoms in total. The van der Waals surface area contributed by atoms with Gasteiger partial charge in [-0.1, -0.05) is 24.6 Å². The van der Waals surface area contributed by atoms with E-state index in [1.54, 1.807) is 16.3 Å². The fourth-order valence-corrected chi connectivity index (χ4v) is 4.71. The molecule has 7 heteroatoms. The van der Waals surface area contributed by atoms with Gasteiger partial charge in [-0.3, -0.25) is 14.2 Å². The van der Waals surface area contributed by atoms with Crippen molar-refractivity contribution in [1.82, 2.24) is 19.0 Å². The quantitative estimate of drug-likeness (QED) is 0.774. The zero-order chi connectivity index (χ0) is 17.4. The van der Waals surface area contributed by atoms with Crippen molar-refractivity contribution >= 4 is 17.7 Å². The average molecular weight is 358 g/mol. The lowest BCUT2D eigenvalue weighted by molar-refractivity contribution is 0.0671. The maximum absolute atomic E-state index is 13.2. The van der Waals surface area contributed by atoms with Crippen molar-refractivity contribution in [2.24, 2.45) is 7.05 Å². The van der Waals surface area contributed by atoms with Crippen LogP contribution in [0.1, 0.15) is 47.8 Å². The summed E-state index contributed by atoms with van der Waals surface area (Å²) in [5.74, 6) is 0.660. The van der Waals surface area contributed by atoms with Crippen molar-refractivity contribution in [2.45, 2.75) is 43.4 Å². The third-order valence-corrected chi connectivity index (χ3v) is 6.10. The third-order valence-electron chi connectivity index (χ3n) is 5.13. The van der Waals surface area contributed by atoms with E-state index < -0.39 is 0 Å². The Morgan fingerprint density at radius 2 is 2.16 bits per heavy atom. The van der Waals surface area contributed by atoms with Crippen molar-refractivity contribution in [2.75, 3.05) is 12.3 Å². The molecule has 2 aromatic heterocycles. The summed E-state index contributed by atoms with van der Waals surface area (Å²) in [4.78, 5) is 32.2. The van der Waals surface area contributed by atoms with Crippen molar-refractivity contribution in [3.05, 3.63) is 46.1 Å². The second-order valence-electron chi connectivity index (χ2n) is 6.67. The minimum atomic E-state index is -0.199. The number of amides is 1. The molecule has 0 N–H and O–H groups in total. The van der Waals surface area contributed by atoms with Crippen LogP contribution in [0.3, 0.4) is 0 Å². The number of nitrogens with zero attached hydrogens (tertiary/aromatic N) is 4. The lowest BCUT2D eigenvalue weighted by atomic mass is 10.1. The van der Waals surface area contributed by atoms with Crippen LogP contribution in [0, 0.1) is 0 Å². The van der Waals surface area contributed by atoms with Gasteiger partial charge in [-0.25, -0.2) is 4.98 Å². The summed E-state index contributed by atoms with van der Waals surface area (Å²) in [5.41, 5.74) is 1.13. The molecule has 25 heavy (non-hydrogen) atoms. The highest BCUT2D eigenvalue weighted by molar-refractivity contribution is 7.99. The molecule has 4 rings (SSSR count). The zero-order valence-corrected chi connectivity index (χ0v) is 15.2. The van der Waals surface area contributed by atoms with Gasteiger partial charge in [0.05, 0.1) is 6.04 Å². The van der Waals surface area contributed by atoms with Crippen LogP contribution < -0.4 is 5.56 Å². The summed E-state index contributed by atoms with van der Waals surface area (Å²) in [7, 11) is 2.01. The molecule has 4 heterocycles. The first-order chi connectivity index (χ1) is 12.2. The maximum Gasteiger partial charge on any atom is 0.267 e. The van der Waals surface area contributed by atoms with Crippen molar-refractivity contribution in [1.29, 1.82) is 0 Å². The Morgan fingerprint density at radius 3 is 2.96 bits per heavy atom. The van der Waals surface area contributed by atoms with Gasteiger partial charge in [-0.2, -0.15) is 0 Å². The molecule has 0 aliphatic carbocycles. The molecule has 1 fully saturated rings. The highest BCUT2D eigenvalue weighted by Gasteiger charge is 2.31. The van der Waals surface area contributed by atoms with E-state index in [2.05, 4.69) is 15.6 Å². The van der Waals surface area contributed by atoms with E-state index >= 15 is 0 Å². The number of hydrogen-bond donors (Lipinski definition) is 0. The van der Waals surface area contributed by atoms with Crippen LogP contribution in [0.15, 0.2) is 34.5 Å². The number of likely N-dealkylation sites (tertiary alicyclic amines) is 1. The molecule has 2 aromatic rings. The molecular formula is C18H22N4O2S. The van der Waals surface area contributed by atoms with Gasteiger partial charge < -0.3 is 9.47 Å². The van der Waals surface area contributed by atoms with E-state index in [4.69, 9.17) is 0 Å². The van der Waals surface area contributed by atoms with Crippen LogP contribution in [0.4, 0.5) is 0 Å². The Morgan fingerprint density at radius 1 is 1.28 bits per heavy atom. The number of hydrogen-bond acceptors (Lipinski definition) is 4. The molecular weight excluding hydrogens is 336 g/mol. The number of thioether (sulfide) groups is 1. The molecule has 0 saturated carbocycles. The normalized spacial score (nSPS) is 20.4. The Hall–Kier alpha value is -2.02. The molecule has 1 atom stereocenters. The first-order valence-corrected chi connectivity index (χ1v) is 9.80. The molecule has 132 valence electrons. The summed E-state index contributed by atoms with van der Waals surface area (Å²) in [6, 6.07) is 4.09. The predicted octanol–water partition coefficient (Wildman–Crippen LogP) is 2.45. The number of rotatable bonds is 2. The van der Waals surface area contributed by atoms with Crippen LogP contribution in [0.25, 0.3) is 0 Å². The molecule has 0 aromatic carbocycles. The third kappa shape index (κ3) is 2.90. The maximum atomic E-state index is 13.2. The van der Waals surface area contributed by atoms with Gasteiger partial charge in [0.25, 0.3) is 11.5 Å². The van der Waals surface area contributed by atoms with E-state index in [9.17, 15) is 9.59 Å². The van der Waals surface area contributed by atoms with Crippen molar-refractivity contribution < 1.29 is 4.79 Å². The van der Waals surface area contributed by atoms with Gasteiger partial charge in [0.1, 0.15) is 5.56 Å². The Kier molecular flexibility index (Phi) is 4.41. The summed E-state index contributed by atoms with van der Waals surface area (Å²) < 4.78 is 3.70. The van der Waals surface area contributed by atoms with Crippen LogP contribution in [-0.4, -0.2) is 37.2 Å². The van der Waals surface area contributed by atoms with Gasteiger partial charge in [0.2, 0.25) is 0 Å². The monoisotopic (exact) mass is 358 g/mol. The lowest BCUT2D eigenvalue weighted by Crippen LogP contribution is -2.39. The molecule has 0 radical (unpaired) electrons. The lowest BCUT2D eigenvalue weighted by Gasteiger charge is -2.30. The summed E-state index contributed by atoms with van der Waals surface area (Å²) in [6.07, 6.45) is 7.59. The number of carbonyl (C=O) groups is 1. The van der Waals surface area contributed by atoms with E-state index in [1.165, 1.54) is 6.20 Å². The Labute approximate surface area is 150 Å². The summed E-state index contributed by atoms with van der Waals surface area (Å²) in [5, 5.41) is 0.719. The van der Waals surface area contributed by atoms with Gasteiger partial charge in [-0.15, -0.1) is 0 Å². The second kappa shape index (κ2) is 6.71. The molecule has 2 aliphatic rings. The van der Waals surface area contributed by atoms with Gasteiger partial charge in [0.15, 0.2) is 5.16 Å². The second-order valence-corrected chi connectivity index (χ2v) is 7.73. The van der Waals surface area contributed by atoms with E-state index in [0.717, 1.165) is 42.3 Å². The number of fused-ring (bicyclic) bond motifs is 1. The molecule has 1 saturated heterocycles. The number of aryl methyl sites for hydroxylation is 1. The fourth-order valence-electron chi connectivity index (χ4n) is 3.80. The summed E-state index contributed by atoms with van der Waals surface area (Å²) in [6.45, 7) is 1.32. The minimum absolute atomic E-state index is 0.0158. The van der Waals surface area contributed by atoms with Gasteiger partial charge in [-0.05, 0) is 25.0 Å². The molecule has 0 bridgehead atoms. The molecule has 0 spiro atoms. The Bertz CT molecular complexity index is 857. The first kappa shape index (κ1) is 16.4. The zero-order valence-electron chi connectivity index (χ0n) is 14.4. The smallest absolute Gasteiger partial charge is 0.267 e. The molecule has 1 unspecified atom stereocenters. The topological polar surface area (TPSA) is 60.1 Å². The van der Waals surface area contributed by atoms with Crippen LogP contribution >= 0.6 is 11.8 Å². The SMILES string of the molecule is Cn1cccc1C1CCCCCN1C(=O)c1cnc2n(c1=O)CCS2. The van der Waals surface area contributed by atoms with Crippen LogP contribution in [0.5, 0.6) is 0 Å². The largest absolute Gasteiger partial charge is 0.353 e. The number of carbonyl (C=O) groups excluding carboxylic acids is 1. The Balaban J connectivity index is 1.72. The van der Waals surface area contributed by atoms with E-state index in [0.29, 0.717) is 13.1 Å². The van der Waals surface area contributed by atoms with Crippen molar-refractivity contribution in [3.63, 3.8) is 0 Å². The van der Waals surface area contributed by atoms with E-state index in [1.807, 2.05) is 24.2 Å². The van der Waals surface area contributed by atoms with Crippen LogP contribution in [-0.2, 0) is 13.6 Å². The van der Waals surface area contributed by atoms with Gasteiger partial charge >= 0.3 is 0 Å². The highest BCUT2D eigenvalue weighted by Crippen LogP contribution is 2.31. The summed E-state index contributed by atoms with van der Waals surface area (Å²) >= 11 is 1.57. The van der Waals surface area contributed by atoms with E-state index in [-0.39, 0.29) is 23.1 Å². The average Bonchev–Trinajstić information content (AvgIpc) is 3.18.